The molecule has 0 aliphatic carbocycles. The molecule has 2 N–H and O–H groups in total. The Labute approximate surface area is 141 Å². The van der Waals surface area contributed by atoms with E-state index in [1.807, 2.05) is 0 Å². The van der Waals surface area contributed by atoms with Crippen molar-refractivity contribution in [1.29, 1.82) is 0 Å². The second-order valence-corrected chi connectivity index (χ2v) is 5.92. The molecule has 0 radical (unpaired) electrons. The molecule has 0 bridgehead atoms. The number of hydrogen-bond acceptors (Lipinski definition) is 5. The second-order valence-electron chi connectivity index (χ2n) is 4.16. The summed E-state index contributed by atoms with van der Waals surface area (Å²) < 4.78 is 27.5. The molecule has 2 amide bonds. The van der Waals surface area contributed by atoms with Crippen LogP contribution in [0.2, 0.25) is 0 Å². The SMILES string of the molecule is C=C(C)C(=O)NCCOS(=O)(=O)CCNC(=O)C(=C)C.[MgH2]. The lowest BCUT2D eigenvalue weighted by Gasteiger charge is -2.08. The minimum atomic E-state index is -3.74. The third-order valence-electron chi connectivity index (χ3n) is 2.06. The van der Waals surface area contributed by atoms with Gasteiger partial charge in [0.1, 0.15) is 0 Å². The summed E-state index contributed by atoms with van der Waals surface area (Å²) in [5.41, 5.74) is 0.626. The average Bonchev–Trinajstić information content (AvgIpc) is 2.33. The molecular formula is C12H22MgN2O5S. The predicted molar refractivity (Wildman–Crippen MR) is 83.9 cm³/mol. The van der Waals surface area contributed by atoms with Crippen LogP contribution < -0.4 is 10.6 Å². The lowest BCUT2D eigenvalue weighted by molar-refractivity contribution is -0.118. The first-order valence-corrected chi connectivity index (χ1v) is 7.48. The van der Waals surface area contributed by atoms with Gasteiger partial charge in [0.2, 0.25) is 11.8 Å². The largest absolute Gasteiger partial charge is 0.351 e. The molecule has 0 aromatic rings. The van der Waals surface area contributed by atoms with E-state index in [-0.39, 0.29) is 54.4 Å². The van der Waals surface area contributed by atoms with Crippen LogP contribution in [0.25, 0.3) is 0 Å². The number of hydrogen-bond donors (Lipinski definition) is 2. The van der Waals surface area contributed by atoms with E-state index in [2.05, 4.69) is 28.0 Å². The van der Waals surface area contributed by atoms with Crippen LogP contribution in [0.3, 0.4) is 0 Å². The Balaban J connectivity index is 0. The van der Waals surface area contributed by atoms with Crippen LogP contribution in [0, 0.1) is 0 Å². The van der Waals surface area contributed by atoms with E-state index in [9.17, 15) is 18.0 Å². The summed E-state index contributed by atoms with van der Waals surface area (Å²) in [5.74, 6) is -1.12. The Morgan fingerprint density at radius 1 is 1.00 bits per heavy atom. The summed E-state index contributed by atoms with van der Waals surface area (Å²) in [6, 6.07) is 0. The minimum absolute atomic E-state index is 0. The second kappa shape index (κ2) is 10.8. The zero-order chi connectivity index (χ0) is 15.8. The summed E-state index contributed by atoms with van der Waals surface area (Å²) in [6.07, 6.45) is 0. The third kappa shape index (κ3) is 11.4. The third-order valence-corrected chi connectivity index (χ3v) is 3.29. The summed E-state index contributed by atoms with van der Waals surface area (Å²) in [4.78, 5) is 22.2. The van der Waals surface area contributed by atoms with Crippen LogP contribution in [0.1, 0.15) is 13.8 Å². The highest BCUT2D eigenvalue weighted by atomic mass is 32.2. The van der Waals surface area contributed by atoms with Gasteiger partial charge in [0.15, 0.2) is 0 Å². The van der Waals surface area contributed by atoms with Crippen molar-refractivity contribution in [3.05, 3.63) is 24.3 Å². The normalized spacial score (nSPS) is 10.2. The van der Waals surface area contributed by atoms with Crippen molar-refractivity contribution < 1.29 is 22.2 Å². The van der Waals surface area contributed by atoms with Crippen molar-refractivity contribution in [1.82, 2.24) is 10.6 Å². The molecule has 0 atom stereocenters. The molecule has 0 aromatic carbocycles. The summed E-state index contributed by atoms with van der Waals surface area (Å²) in [6.45, 7) is 9.74. The van der Waals surface area contributed by atoms with Crippen molar-refractivity contribution in [2.24, 2.45) is 0 Å². The maximum absolute atomic E-state index is 11.4. The van der Waals surface area contributed by atoms with E-state index in [4.69, 9.17) is 0 Å². The average molecular weight is 331 g/mol. The van der Waals surface area contributed by atoms with Gasteiger partial charge in [-0.1, -0.05) is 13.2 Å². The summed E-state index contributed by atoms with van der Waals surface area (Å²) in [5, 5.41) is 4.82. The summed E-state index contributed by atoms with van der Waals surface area (Å²) in [7, 11) is -3.74. The monoisotopic (exact) mass is 330 g/mol. The van der Waals surface area contributed by atoms with Crippen LogP contribution in [0.4, 0.5) is 0 Å². The lowest BCUT2D eigenvalue weighted by Crippen LogP contribution is -2.32. The molecule has 0 aliphatic heterocycles. The fourth-order valence-corrected chi connectivity index (χ4v) is 1.79. The van der Waals surface area contributed by atoms with Crippen molar-refractivity contribution in [3.63, 3.8) is 0 Å². The van der Waals surface area contributed by atoms with E-state index >= 15 is 0 Å². The maximum Gasteiger partial charge on any atom is 0.316 e. The quantitative estimate of drug-likeness (QED) is 0.239. The molecule has 0 saturated heterocycles. The van der Waals surface area contributed by atoms with Gasteiger partial charge < -0.3 is 10.6 Å². The molecule has 0 unspecified atom stereocenters. The molecule has 0 heterocycles. The Bertz CT molecular complexity index is 502. The Morgan fingerprint density at radius 3 is 1.86 bits per heavy atom. The van der Waals surface area contributed by atoms with Crippen molar-refractivity contribution in [2.45, 2.75) is 13.8 Å². The summed E-state index contributed by atoms with van der Waals surface area (Å²) >= 11 is 0. The fraction of sp³-hybridized carbons (Fsp3) is 0.500. The van der Waals surface area contributed by atoms with Crippen LogP contribution >= 0.6 is 0 Å². The molecule has 0 spiro atoms. The molecule has 0 saturated carbocycles. The first-order valence-electron chi connectivity index (χ1n) is 5.90. The molecule has 9 heteroatoms. The van der Waals surface area contributed by atoms with Gasteiger partial charge >= 0.3 is 23.1 Å². The minimum Gasteiger partial charge on any atom is -0.351 e. The highest BCUT2D eigenvalue weighted by Crippen LogP contribution is 1.93. The van der Waals surface area contributed by atoms with Crippen LogP contribution in [-0.4, -0.2) is 68.7 Å². The zero-order valence-electron chi connectivity index (χ0n) is 11.7. The Kier molecular flexibility index (Phi) is 11.5. The molecular weight excluding hydrogens is 309 g/mol. The van der Waals surface area contributed by atoms with Gasteiger partial charge in [-0.2, -0.15) is 8.42 Å². The van der Waals surface area contributed by atoms with Gasteiger partial charge in [0, 0.05) is 24.2 Å². The van der Waals surface area contributed by atoms with Gasteiger partial charge in [-0.25, -0.2) is 0 Å². The zero-order valence-corrected chi connectivity index (χ0v) is 12.5. The van der Waals surface area contributed by atoms with E-state index in [1.54, 1.807) is 0 Å². The molecule has 0 aromatic heterocycles. The smallest absolute Gasteiger partial charge is 0.316 e. The molecule has 0 rings (SSSR count). The highest BCUT2D eigenvalue weighted by Gasteiger charge is 2.12. The number of nitrogens with one attached hydrogen (secondary N) is 2. The number of rotatable bonds is 9. The van der Waals surface area contributed by atoms with Crippen molar-refractivity contribution in [2.75, 3.05) is 25.4 Å². The van der Waals surface area contributed by atoms with Crippen LogP contribution in [0.15, 0.2) is 24.3 Å². The topological polar surface area (TPSA) is 102 Å². The Morgan fingerprint density at radius 2 is 1.43 bits per heavy atom. The first-order chi connectivity index (χ1) is 9.15. The number of amides is 2. The van der Waals surface area contributed by atoms with Gasteiger partial charge in [0.05, 0.1) is 12.4 Å². The van der Waals surface area contributed by atoms with Gasteiger partial charge in [-0.3, -0.25) is 13.8 Å². The number of carbonyl (C=O) groups excluding carboxylic acids is 2. The lowest BCUT2D eigenvalue weighted by atomic mass is 10.3. The van der Waals surface area contributed by atoms with E-state index < -0.39 is 16.0 Å². The molecule has 7 nitrogen and oxygen atoms in total. The van der Waals surface area contributed by atoms with Crippen molar-refractivity contribution in [3.8, 4) is 0 Å². The van der Waals surface area contributed by atoms with Crippen LogP contribution in [-0.2, 0) is 23.9 Å². The van der Waals surface area contributed by atoms with Gasteiger partial charge in [-0.15, -0.1) is 0 Å². The molecule has 118 valence electrons. The highest BCUT2D eigenvalue weighted by molar-refractivity contribution is 7.86. The molecule has 0 aliphatic rings. The van der Waals surface area contributed by atoms with Gasteiger partial charge in [0.25, 0.3) is 10.1 Å². The fourth-order valence-electron chi connectivity index (χ4n) is 0.983. The van der Waals surface area contributed by atoms with Gasteiger partial charge in [-0.05, 0) is 13.8 Å². The maximum atomic E-state index is 11.4. The van der Waals surface area contributed by atoms with Crippen LogP contribution in [0.5, 0.6) is 0 Å². The Hall–Kier alpha value is -0.904. The van der Waals surface area contributed by atoms with E-state index in [0.29, 0.717) is 11.1 Å². The first kappa shape index (κ1) is 22.4. The molecule has 21 heavy (non-hydrogen) atoms. The standard InChI is InChI=1S/C12H20N2O5S.Mg.2H/c1-9(2)11(15)13-5-7-19-20(17,18)8-6-14-12(16)10(3)4;;;/h1,3,5-8H2,2,4H3,(H,13,15)(H,14,16);;;. The molecule has 0 fully saturated rings. The van der Waals surface area contributed by atoms with E-state index in [1.165, 1.54) is 13.8 Å². The van der Waals surface area contributed by atoms with E-state index in [0.717, 1.165) is 0 Å². The number of carbonyl (C=O) groups is 2. The van der Waals surface area contributed by atoms with Crippen molar-refractivity contribution >= 4 is 45.0 Å². The predicted octanol–water partition coefficient (Wildman–Crippen LogP) is -1.20.